The van der Waals surface area contributed by atoms with Crippen LogP contribution >= 0.6 is 15.9 Å². The van der Waals surface area contributed by atoms with Gasteiger partial charge in [-0.05, 0) is 74.5 Å². The number of hydrogen-bond acceptors (Lipinski definition) is 1. The molecule has 5 rings (SSSR count). The van der Waals surface area contributed by atoms with Gasteiger partial charge in [-0.1, -0.05) is 28.8 Å². The standard InChI is InChI=1S/C18H28BrNO/c19-12-18(3-1-2-4-18)20-16(21)11-17-8-13-5-14(9-17)7-15(6-13)10-17/h13-15H,1-12H2,(H,20,21). The van der Waals surface area contributed by atoms with Crippen molar-refractivity contribution in [3.63, 3.8) is 0 Å². The van der Waals surface area contributed by atoms with Crippen LogP contribution in [0.15, 0.2) is 0 Å². The second kappa shape index (κ2) is 5.25. The molecule has 0 aromatic heterocycles. The van der Waals surface area contributed by atoms with Gasteiger partial charge in [0.25, 0.3) is 0 Å². The van der Waals surface area contributed by atoms with Gasteiger partial charge >= 0.3 is 0 Å². The van der Waals surface area contributed by atoms with E-state index >= 15 is 0 Å². The fraction of sp³-hybridized carbons (Fsp3) is 0.944. The van der Waals surface area contributed by atoms with Gasteiger partial charge in [0.05, 0.1) is 0 Å². The van der Waals surface area contributed by atoms with Crippen LogP contribution in [0.2, 0.25) is 0 Å². The summed E-state index contributed by atoms with van der Waals surface area (Å²) in [4.78, 5) is 12.7. The molecule has 0 atom stereocenters. The van der Waals surface area contributed by atoms with E-state index in [1.165, 1.54) is 51.4 Å². The predicted octanol–water partition coefficient (Wildman–Crippen LogP) is 4.42. The van der Waals surface area contributed by atoms with Gasteiger partial charge in [0.2, 0.25) is 5.91 Å². The highest BCUT2D eigenvalue weighted by atomic mass is 79.9. The summed E-state index contributed by atoms with van der Waals surface area (Å²) in [5.41, 5.74) is 0.449. The van der Waals surface area contributed by atoms with E-state index in [-0.39, 0.29) is 5.54 Å². The Kier molecular flexibility index (Phi) is 3.63. The summed E-state index contributed by atoms with van der Waals surface area (Å²) in [6.07, 6.45) is 14.1. The molecule has 1 N–H and O–H groups in total. The van der Waals surface area contributed by atoms with Crippen LogP contribution in [-0.2, 0) is 4.79 Å². The van der Waals surface area contributed by atoms with Crippen LogP contribution in [0, 0.1) is 23.2 Å². The lowest BCUT2D eigenvalue weighted by molar-refractivity contribution is -0.131. The van der Waals surface area contributed by atoms with Crippen LogP contribution in [0.1, 0.15) is 70.6 Å². The van der Waals surface area contributed by atoms with Gasteiger partial charge in [-0.25, -0.2) is 0 Å². The minimum absolute atomic E-state index is 0.0688. The van der Waals surface area contributed by atoms with Crippen molar-refractivity contribution in [1.29, 1.82) is 0 Å². The van der Waals surface area contributed by atoms with Gasteiger partial charge in [0.1, 0.15) is 0 Å². The smallest absolute Gasteiger partial charge is 0.221 e. The topological polar surface area (TPSA) is 29.1 Å². The minimum atomic E-state index is 0.0688. The molecule has 5 saturated carbocycles. The van der Waals surface area contributed by atoms with Gasteiger partial charge in [-0.15, -0.1) is 0 Å². The maximum atomic E-state index is 12.7. The van der Waals surface area contributed by atoms with Crippen molar-refractivity contribution >= 4 is 21.8 Å². The SMILES string of the molecule is O=C(CC12CC3CC(CC(C3)C1)C2)NC1(CBr)CCCC1. The molecule has 0 saturated heterocycles. The summed E-state index contributed by atoms with van der Waals surface area (Å²) in [5.74, 6) is 3.18. The van der Waals surface area contributed by atoms with Crippen LogP contribution in [0.25, 0.3) is 0 Å². The third-order valence-electron chi connectivity index (χ3n) is 6.92. The molecule has 21 heavy (non-hydrogen) atoms. The van der Waals surface area contributed by atoms with Crippen molar-refractivity contribution < 1.29 is 4.79 Å². The number of halogens is 1. The Labute approximate surface area is 136 Å². The zero-order valence-electron chi connectivity index (χ0n) is 13.0. The molecule has 118 valence electrons. The van der Waals surface area contributed by atoms with Crippen molar-refractivity contribution in [2.24, 2.45) is 23.2 Å². The number of hydrogen-bond donors (Lipinski definition) is 1. The molecule has 4 bridgehead atoms. The largest absolute Gasteiger partial charge is 0.350 e. The second-order valence-corrected chi connectivity index (χ2v) is 9.32. The molecule has 3 heteroatoms. The molecule has 2 nitrogen and oxygen atoms in total. The van der Waals surface area contributed by atoms with E-state index in [1.807, 2.05) is 0 Å². The molecule has 0 radical (unpaired) electrons. The Morgan fingerprint density at radius 1 is 1.00 bits per heavy atom. The van der Waals surface area contributed by atoms with E-state index in [2.05, 4.69) is 21.2 Å². The highest BCUT2D eigenvalue weighted by molar-refractivity contribution is 9.09. The van der Waals surface area contributed by atoms with Crippen LogP contribution in [0.5, 0.6) is 0 Å². The molecule has 0 aromatic carbocycles. The highest BCUT2D eigenvalue weighted by Gasteiger charge is 2.51. The highest BCUT2D eigenvalue weighted by Crippen LogP contribution is 2.61. The first-order valence-corrected chi connectivity index (χ1v) is 10.1. The monoisotopic (exact) mass is 353 g/mol. The quantitative estimate of drug-likeness (QED) is 0.744. The van der Waals surface area contributed by atoms with E-state index in [0.717, 1.165) is 42.3 Å². The lowest BCUT2D eigenvalue weighted by Crippen LogP contribution is -2.52. The van der Waals surface area contributed by atoms with Crippen molar-refractivity contribution in [3.05, 3.63) is 0 Å². The van der Waals surface area contributed by atoms with Gasteiger partial charge < -0.3 is 5.32 Å². The van der Waals surface area contributed by atoms with E-state index < -0.39 is 0 Å². The van der Waals surface area contributed by atoms with Gasteiger partial charge in [0, 0.05) is 17.3 Å². The molecular weight excluding hydrogens is 326 g/mol. The number of carbonyl (C=O) groups excluding carboxylic acids is 1. The number of nitrogens with one attached hydrogen (secondary N) is 1. The maximum absolute atomic E-state index is 12.7. The summed E-state index contributed by atoms with van der Waals surface area (Å²) in [7, 11) is 0. The summed E-state index contributed by atoms with van der Waals surface area (Å²) in [6, 6.07) is 0. The summed E-state index contributed by atoms with van der Waals surface area (Å²) >= 11 is 3.64. The normalized spacial score (nSPS) is 43.2. The van der Waals surface area contributed by atoms with Crippen LogP contribution in [-0.4, -0.2) is 16.8 Å². The first kappa shape index (κ1) is 14.5. The average Bonchev–Trinajstić information content (AvgIpc) is 2.85. The van der Waals surface area contributed by atoms with E-state index in [0.29, 0.717) is 11.3 Å². The van der Waals surface area contributed by atoms with Crippen molar-refractivity contribution in [3.8, 4) is 0 Å². The Hall–Kier alpha value is -0.0500. The minimum Gasteiger partial charge on any atom is -0.350 e. The van der Waals surface area contributed by atoms with Crippen molar-refractivity contribution in [1.82, 2.24) is 5.32 Å². The molecule has 0 unspecified atom stereocenters. The summed E-state index contributed by atoms with van der Waals surface area (Å²) in [5, 5.41) is 4.35. The van der Waals surface area contributed by atoms with Crippen molar-refractivity contribution in [2.75, 3.05) is 5.33 Å². The Bertz CT molecular complexity index is 392. The molecule has 5 aliphatic carbocycles. The Morgan fingerprint density at radius 2 is 1.52 bits per heavy atom. The molecular formula is C18H28BrNO. The predicted molar refractivity (Wildman–Crippen MR) is 88.4 cm³/mol. The van der Waals surface area contributed by atoms with Gasteiger partial charge in [-0.3, -0.25) is 4.79 Å². The zero-order valence-corrected chi connectivity index (χ0v) is 14.6. The van der Waals surface area contributed by atoms with E-state index in [4.69, 9.17) is 0 Å². The second-order valence-electron chi connectivity index (χ2n) is 8.76. The third kappa shape index (κ3) is 2.68. The first-order valence-electron chi connectivity index (χ1n) is 8.97. The van der Waals surface area contributed by atoms with E-state index in [1.54, 1.807) is 0 Å². The van der Waals surface area contributed by atoms with Crippen molar-refractivity contribution in [2.45, 2.75) is 76.2 Å². The van der Waals surface area contributed by atoms with Gasteiger partial charge in [0.15, 0.2) is 0 Å². The lowest BCUT2D eigenvalue weighted by atomic mass is 9.49. The maximum Gasteiger partial charge on any atom is 0.221 e. The number of rotatable bonds is 4. The molecule has 5 fully saturated rings. The van der Waals surface area contributed by atoms with Crippen LogP contribution in [0.3, 0.4) is 0 Å². The van der Waals surface area contributed by atoms with Crippen LogP contribution in [0.4, 0.5) is 0 Å². The molecule has 5 aliphatic rings. The van der Waals surface area contributed by atoms with Gasteiger partial charge in [-0.2, -0.15) is 0 Å². The van der Waals surface area contributed by atoms with E-state index in [9.17, 15) is 4.79 Å². The summed E-state index contributed by atoms with van der Waals surface area (Å²) in [6.45, 7) is 0. The first-order chi connectivity index (χ1) is 10.1. The molecule has 0 spiro atoms. The number of carbonyl (C=O) groups is 1. The average molecular weight is 354 g/mol. The Morgan fingerprint density at radius 3 is 2.00 bits per heavy atom. The lowest BCUT2D eigenvalue weighted by Gasteiger charge is -2.56. The molecule has 1 amide bonds. The molecule has 0 aliphatic heterocycles. The van der Waals surface area contributed by atoms with Crippen LogP contribution < -0.4 is 5.32 Å². The summed E-state index contributed by atoms with van der Waals surface area (Å²) < 4.78 is 0. The molecule has 0 aromatic rings. The number of alkyl halides is 1. The fourth-order valence-corrected chi connectivity index (χ4v) is 7.23. The third-order valence-corrected chi connectivity index (χ3v) is 8.00. The fourth-order valence-electron chi connectivity index (χ4n) is 6.53. The Balaban J connectivity index is 1.42. The molecule has 0 heterocycles. The zero-order chi connectivity index (χ0) is 14.5. The number of amides is 1.